The minimum Gasteiger partial charge on any atom is -0.497 e. The van der Waals surface area contributed by atoms with Crippen LogP contribution >= 0.6 is 0 Å². The van der Waals surface area contributed by atoms with E-state index in [9.17, 15) is 4.39 Å². The summed E-state index contributed by atoms with van der Waals surface area (Å²) >= 11 is 0. The quantitative estimate of drug-likeness (QED) is 0.920. The van der Waals surface area contributed by atoms with Crippen LogP contribution in [0, 0.1) is 5.82 Å². The van der Waals surface area contributed by atoms with Crippen LogP contribution in [0.3, 0.4) is 0 Å². The summed E-state index contributed by atoms with van der Waals surface area (Å²) in [6.45, 7) is 0. The maximum Gasteiger partial charge on any atom is 0.165 e. The lowest BCUT2D eigenvalue weighted by Gasteiger charge is -2.14. The van der Waals surface area contributed by atoms with Crippen LogP contribution in [0.2, 0.25) is 0 Å². The number of benzene rings is 2. The lowest BCUT2D eigenvalue weighted by atomic mass is 9.99. The molecule has 19 heavy (non-hydrogen) atoms. The molecule has 0 fully saturated rings. The van der Waals surface area contributed by atoms with E-state index in [0.717, 1.165) is 16.9 Å². The third-order valence-corrected chi connectivity index (χ3v) is 3.01. The first-order chi connectivity index (χ1) is 9.15. The maximum atomic E-state index is 13.4. The zero-order valence-corrected chi connectivity index (χ0v) is 10.9. The van der Waals surface area contributed by atoms with Crippen LogP contribution in [0.4, 0.5) is 4.39 Å². The third kappa shape index (κ3) is 2.85. The number of ether oxygens (including phenoxy) is 2. The monoisotopic (exact) mass is 261 g/mol. The van der Waals surface area contributed by atoms with E-state index in [4.69, 9.17) is 15.2 Å². The summed E-state index contributed by atoms with van der Waals surface area (Å²) in [5.41, 5.74) is 7.88. The molecule has 2 aromatic rings. The molecule has 2 N–H and O–H groups in total. The first kappa shape index (κ1) is 13.4. The molecule has 2 aromatic carbocycles. The second-order valence-electron chi connectivity index (χ2n) is 4.14. The molecule has 0 aliphatic heterocycles. The fraction of sp³-hybridized carbons (Fsp3) is 0.200. The molecule has 0 spiro atoms. The Kier molecular flexibility index (Phi) is 4.02. The van der Waals surface area contributed by atoms with Gasteiger partial charge in [0.2, 0.25) is 0 Å². The molecule has 4 heteroatoms. The van der Waals surface area contributed by atoms with Crippen LogP contribution in [0.15, 0.2) is 42.5 Å². The van der Waals surface area contributed by atoms with Crippen molar-refractivity contribution in [3.05, 3.63) is 59.4 Å². The van der Waals surface area contributed by atoms with Crippen molar-refractivity contribution in [2.75, 3.05) is 14.2 Å². The second kappa shape index (κ2) is 5.71. The molecule has 0 saturated carbocycles. The smallest absolute Gasteiger partial charge is 0.165 e. The zero-order valence-electron chi connectivity index (χ0n) is 10.9. The topological polar surface area (TPSA) is 44.5 Å². The first-order valence-electron chi connectivity index (χ1n) is 5.88. The van der Waals surface area contributed by atoms with E-state index in [1.165, 1.54) is 13.2 Å². The standard InChI is InChI=1S/C15H16FNO2/c1-18-12-6-3-10(4-7-12)15(17)11-5-8-13(16)14(9-11)19-2/h3-9,15H,17H2,1-2H3. The van der Waals surface area contributed by atoms with Gasteiger partial charge in [0, 0.05) is 0 Å². The number of methoxy groups -OCH3 is 2. The fourth-order valence-electron chi connectivity index (χ4n) is 1.87. The number of rotatable bonds is 4. The largest absolute Gasteiger partial charge is 0.497 e. The Morgan fingerprint density at radius 1 is 0.947 bits per heavy atom. The van der Waals surface area contributed by atoms with Gasteiger partial charge in [-0.15, -0.1) is 0 Å². The van der Waals surface area contributed by atoms with Gasteiger partial charge in [0.25, 0.3) is 0 Å². The summed E-state index contributed by atoms with van der Waals surface area (Å²) in [4.78, 5) is 0. The van der Waals surface area contributed by atoms with Gasteiger partial charge in [0.15, 0.2) is 11.6 Å². The molecule has 1 atom stereocenters. The molecule has 0 amide bonds. The number of nitrogens with two attached hydrogens (primary N) is 1. The van der Waals surface area contributed by atoms with Gasteiger partial charge in [0.05, 0.1) is 20.3 Å². The minimum atomic E-state index is -0.395. The normalized spacial score (nSPS) is 12.0. The van der Waals surface area contributed by atoms with Crippen LogP contribution < -0.4 is 15.2 Å². The van der Waals surface area contributed by atoms with Crippen LogP contribution in [-0.4, -0.2) is 14.2 Å². The summed E-state index contributed by atoms with van der Waals surface area (Å²) in [5, 5.41) is 0. The molecule has 0 radical (unpaired) electrons. The van der Waals surface area contributed by atoms with Gasteiger partial charge in [-0.3, -0.25) is 0 Å². The van der Waals surface area contributed by atoms with Gasteiger partial charge in [-0.2, -0.15) is 0 Å². The van der Waals surface area contributed by atoms with E-state index in [2.05, 4.69) is 0 Å². The van der Waals surface area contributed by atoms with Gasteiger partial charge in [-0.05, 0) is 35.4 Å². The molecule has 0 heterocycles. The number of hydrogen-bond acceptors (Lipinski definition) is 3. The van der Waals surface area contributed by atoms with Gasteiger partial charge in [-0.1, -0.05) is 18.2 Å². The highest BCUT2D eigenvalue weighted by molar-refractivity contribution is 5.38. The van der Waals surface area contributed by atoms with Gasteiger partial charge < -0.3 is 15.2 Å². The fourth-order valence-corrected chi connectivity index (χ4v) is 1.87. The minimum absolute atomic E-state index is 0.196. The van der Waals surface area contributed by atoms with E-state index in [1.807, 2.05) is 24.3 Å². The predicted molar refractivity (Wildman–Crippen MR) is 72.0 cm³/mol. The first-order valence-corrected chi connectivity index (χ1v) is 5.88. The lowest BCUT2D eigenvalue weighted by molar-refractivity contribution is 0.385. The molecular formula is C15H16FNO2. The summed E-state index contributed by atoms with van der Waals surface area (Å²) < 4.78 is 23.4. The summed E-state index contributed by atoms with van der Waals surface area (Å²) in [6, 6.07) is 11.8. The highest BCUT2D eigenvalue weighted by Crippen LogP contribution is 2.26. The van der Waals surface area contributed by atoms with Crippen LogP contribution in [0.25, 0.3) is 0 Å². The average molecular weight is 261 g/mol. The Hall–Kier alpha value is -2.07. The summed E-state index contributed by atoms with van der Waals surface area (Å²) in [5.74, 6) is 0.572. The van der Waals surface area contributed by atoms with Crippen LogP contribution in [0.5, 0.6) is 11.5 Å². The Labute approximate surface area is 111 Å². The molecule has 1 unspecified atom stereocenters. The molecule has 100 valence electrons. The van der Waals surface area contributed by atoms with Crippen LogP contribution in [0.1, 0.15) is 17.2 Å². The van der Waals surface area contributed by atoms with Crippen molar-refractivity contribution < 1.29 is 13.9 Å². The Balaban J connectivity index is 2.29. The third-order valence-electron chi connectivity index (χ3n) is 3.01. The second-order valence-corrected chi connectivity index (χ2v) is 4.14. The summed E-state index contributed by atoms with van der Waals surface area (Å²) in [6.07, 6.45) is 0. The van der Waals surface area contributed by atoms with Crippen molar-refractivity contribution in [3.8, 4) is 11.5 Å². The highest BCUT2D eigenvalue weighted by atomic mass is 19.1. The SMILES string of the molecule is COc1ccc(C(N)c2ccc(F)c(OC)c2)cc1. The molecule has 0 bridgehead atoms. The predicted octanol–water partition coefficient (Wildman–Crippen LogP) is 2.89. The Bertz CT molecular complexity index is 555. The highest BCUT2D eigenvalue weighted by Gasteiger charge is 2.12. The number of halogens is 1. The van der Waals surface area contributed by atoms with Crippen molar-refractivity contribution in [2.24, 2.45) is 5.73 Å². The lowest BCUT2D eigenvalue weighted by Crippen LogP contribution is -2.12. The van der Waals surface area contributed by atoms with Gasteiger partial charge in [-0.25, -0.2) is 4.39 Å². The Morgan fingerprint density at radius 3 is 2.16 bits per heavy atom. The van der Waals surface area contributed by atoms with E-state index < -0.39 is 5.82 Å². The van der Waals surface area contributed by atoms with Crippen molar-refractivity contribution in [1.29, 1.82) is 0 Å². The van der Waals surface area contributed by atoms with E-state index in [0.29, 0.717) is 0 Å². The van der Waals surface area contributed by atoms with Crippen LogP contribution in [-0.2, 0) is 0 Å². The van der Waals surface area contributed by atoms with E-state index in [1.54, 1.807) is 19.2 Å². The molecule has 3 nitrogen and oxygen atoms in total. The molecule has 0 aliphatic rings. The van der Waals surface area contributed by atoms with Gasteiger partial charge >= 0.3 is 0 Å². The Morgan fingerprint density at radius 2 is 1.58 bits per heavy atom. The van der Waals surface area contributed by atoms with Crippen molar-refractivity contribution >= 4 is 0 Å². The molecular weight excluding hydrogens is 245 g/mol. The summed E-state index contributed by atoms with van der Waals surface area (Å²) in [7, 11) is 3.04. The van der Waals surface area contributed by atoms with Crippen molar-refractivity contribution in [1.82, 2.24) is 0 Å². The van der Waals surface area contributed by atoms with Crippen molar-refractivity contribution in [2.45, 2.75) is 6.04 Å². The van der Waals surface area contributed by atoms with Crippen molar-refractivity contribution in [3.63, 3.8) is 0 Å². The molecule has 0 saturated heterocycles. The molecule has 2 rings (SSSR count). The molecule has 0 aliphatic carbocycles. The van der Waals surface area contributed by atoms with E-state index >= 15 is 0 Å². The zero-order chi connectivity index (χ0) is 13.8. The number of hydrogen-bond donors (Lipinski definition) is 1. The maximum absolute atomic E-state index is 13.4. The molecule has 0 aromatic heterocycles. The average Bonchev–Trinajstić information content (AvgIpc) is 2.47. The van der Waals surface area contributed by atoms with E-state index in [-0.39, 0.29) is 11.8 Å². The van der Waals surface area contributed by atoms with Gasteiger partial charge in [0.1, 0.15) is 5.75 Å².